The Morgan fingerprint density at radius 3 is 2.77 bits per heavy atom. The van der Waals surface area contributed by atoms with Gasteiger partial charge in [0.15, 0.2) is 0 Å². The average Bonchev–Trinajstić information content (AvgIpc) is 2.07. The summed E-state index contributed by atoms with van der Waals surface area (Å²) in [6.07, 6.45) is -0.316. The molecule has 0 aliphatic rings. The van der Waals surface area contributed by atoms with Crippen LogP contribution in [0.1, 0.15) is 12.5 Å². The summed E-state index contributed by atoms with van der Waals surface area (Å²) in [6.45, 7) is 4.39. The van der Waals surface area contributed by atoms with Gasteiger partial charge >= 0.3 is 0 Å². The number of hydrogen-bond acceptors (Lipinski definition) is 2. The van der Waals surface area contributed by atoms with Crippen molar-refractivity contribution in [2.75, 3.05) is 11.9 Å². The third-order valence-electron chi connectivity index (χ3n) is 1.76. The van der Waals surface area contributed by atoms with Gasteiger partial charge in [0, 0.05) is 16.7 Å². The maximum Gasteiger partial charge on any atom is 0.0684 e. The van der Waals surface area contributed by atoms with Crippen LogP contribution in [0.4, 0.5) is 5.69 Å². The Balaban J connectivity index is 2.63. The molecule has 1 aromatic rings. The molecule has 2 N–H and O–H groups in total. The normalized spacial score (nSPS) is 12.6. The molecule has 0 fully saturated rings. The largest absolute Gasteiger partial charge is 0.392 e. The fraction of sp³-hybridized carbons (Fsp3) is 0.400. The molecule has 1 rings (SSSR count). The Labute approximate surface area is 87.1 Å². The lowest BCUT2D eigenvalue weighted by Crippen LogP contribution is -2.15. The zero-order valence-corrected chi connectivity index (χ0v) is 9.43. The molecule has 0 radical (unpaired) electrons. The molecular formula is C10H14BrNO. The zero-order chi connectivity index (χ0) is 9.84. The first-order chi connectivity index (χ1) is 6.09. The van der Waals surface area contributed by atoms with Crippen LogP contribution < -0.4 is 5.32 Å². The van der Waals surface area contributed by atoms with Crippen LogP contribution in [-0.2, 0) is 0 Å². The van der Waals surface area contributed by atoms with E-state index in [4.69, 9.17) is 5.11 Å². The SMILES string of the molecule is Cc1cc(NCC(C)O)ccc1Br. The molecule has 1 unspecified atom stereocenters. The Morgan fingerprint density at radius 1 is 1.54 bits per heavy atom. The Hall–Kier alpha value is -0.540. The number of nitrogens with one attached hydrogen (secondary N) is 1. The fourth-order valence-corrected chi connectivity index (χ4v) is 1.27. The van der Waals surface area contributed by atoms with Crippen molar-refractivity contribution in [1.82, 2.24) is 0 Å². The van der Waals surface area contributed by atoms with Gasteiger partial charge in [-0.2, -0.15) is 0 Å². The first kappa shape index (κ1) is 10.5. The number of aryl methyl sites for hydroxylation is 1. The predicted molar refractivity (Wildman–Crippen MR) is 59.0 cm³/mol. The van der Waals surface area contributed by atoms with E-state index in [1.807, 2.05) is 25.1 Å². The van der Waals surface area contributed by atoms with E-state index in [9.17, 15) is 0 Å². The summed E-state index contributed by atoms with van der Waals surface area (Å²) in [7, 11) is 0. The highest BCUT2D eigenvalue weighted by atomic mass is 79.9. The first-order valence-electron chi connectivity index (χ1n) is 4.27. The highest BCUT2D eigenvalue weighted by Crippen LogP contribution is 2.19. The summed E-state index contributed by atoms with van der Waals surface area (Å²) >= 11 is 3.43. The van der Waals surface area contributed by atoms with Crippen LogP contribution >= 0.6 is 15.9 Å². The van der Waals surface area contributed by atoms with E-state index in [0.717, 1.165) is 10.2 Å². The number of rotatable bonds is 3. The van der Waals surface area contributed by atoms with Gasteiger partial charge in [0.05, 0.1) is 6.10 Å². The smallest absolute Gasteiger partial charge is 0.0684 e. The van der Waals surface area contributed by atoms with E-state index < -0.39 is 0 Å². The van der Waals surface area contributed by atoms with Gasteiger partial charge in [-0.25, -0.2) is 0 Å². The summed E-state index contributed by atoms with van der Waals surface area (Å²) in [5.41, 5.74) is 2.23. The quantitative estimate of drug-likeness (QED) is 0.856. The van der Waals surface area contributed by atoms with E-state index in [1.54, 1.807) is 6.92 Å². The second-order valence-corrected chi connectivity index (χ2v) is 4.05. The Morgan fingerprint density at radius 2 is 2.23 bits per heavy atom. The first-order valence-corrected chi connectivity index (χ1v) is 5.07. The highest BCUT2D eigenvalue weighted by molar-refractivity contribution is 9.10. The number of aliphatic hydroxyl groups excluding tert-OH is 1. The molecule has 0 aliphatic carbocycles. The third-order valence-corrected chi connectivity index (χ3v) is 2.65. The molecule has 0 heterocycles. The Bertz CT molecular complexity index is 286. The van der Waals surface area contributed by atoms with Crippen molar-refractivity contribution in [3.63, 3.8) is 0 Å². The summed E-state index contributed by atoms with van der Waals surface area (Å²) in [6, 6.07) is 6.03. The molecule has 2 nitrogen and oxygen atoms in total. The molecule has 0 amide bonds. The minimum absolute atomic E-state index is 0.316. The number of hydrogen-bond donors (Lipinski definition) is 2. The summed E-state index contributed by atoms with van der Waals surface area (Å²) in [5.74, 6) is 0. The van der Waals surface area contributed by atoms with Crippen LogP contribution in [-0.4, -0.2) is 17.8 Å². The van der Waals surface area contributed by atoms with Crippen molar-refractivity contribution in [3.8, 4) is 0 Å². The molecule has 1 aromatic carbocycles. The minimum Gasteiger partial charge on any atom is -0.392 e. The van der Waals surface area contributed by atoms with Gasteiger partial charge in [-0.3, -0.25) is 0 Å². The van der Waals surface area contributed by atoms with Gasteiger partial charge in [-0.1, -0.05) is 15.9 Å². The van der Waals surface area contributed by atoms with Crippen molar-refractivity contribution in [1.29, 1.82) is 0 Å². The van der Waals surface area contributed by atoms with Crippen LogP contribution in [0.3, 0.4) is 0 Å². The summed E-state index contributed by atoms with van der Waals surface area (Å²) < 4.78 is 1.11. The average molecular weight is 244 g/mol. The molecule has 0 bridgehead atoms. The zero-order valence-electron chi connectivity index (χ0n) is 7.84. The maximum absolute atomic E-state index is 9.07. The van der Waals surface area contributed by atoms with E-state index in [0.29, 0.717) is 6.54 Å². The third kappa shape index (κ3) is 3.36. The Kier molecular flexibility index (Phi) is 3.75. The van der Waals surface area contributed by atoms with Gasteiger partial charge in [-0.15, -0.1) is 0 Å². The van der Waals surface area contributed by atoms with Gasteiger partial charge in [0.25, 0.3) is 0 Å². The number of anilines is 1. The van der Waals surface area contributed by atoms with Gasteiger partial charge in [0.2, 0.25) is 0 Å². The van der Waals surface area contributed by atoms with Gasteiger partial charge < -0.3 is 10.4 Å². The molecule has 13 heavy (non-hydrogen) atoms. The maximum atomic E-state index is 9.07. The van der Waals surface area contributed by atoms with Crippen LogP contribution in [0.2, 0.25) is 0 Å². The second kappa shape index (κ2) is 4.63. The van der Waals surface area contributed by atoms with Crippen LogP contribution in [0, 0.1) is 6.92 Å². The summed E-state index contributed by atoms with van der Waals surface area (Å²) in [4.78, 5) is 0. The summed E-state index contributed by atoms with van der Waals surface area (Å²) in [5, 5.41) is 12.2. The van der Waals surface area contributed by atoms with Crippen molar-refractivity contribution in [2.45, 2.75) is 20.0 Å². The van der Waals surface area contributed by atoms with E-state index in [-0.39, 0.29) is 6.10 Å². The molecule has 0 aromatic heterocycles. The fourth-order valence-electron chi connectivity index (χ4n) is 1.02. The second-order valence-electron chi connectivity index (χ2n) is 3.19. The predicted octanol–water partition coefficient (Wildman–Crippen LogP) is 2.55. The van der Waals surface area contributed by atoms with E-state index in [1.165, 1.54) is 5.56 Å². The molecular weight excluding hydrogens is 230 g/mol. The molecule has 0 saturated carbocycles. The van der Waals surface area contributed by atoms with Crippen LogP contribution in [0.5, 0.6) is 0 Å². The highest BCUT2D eigenvalue weighted by Gasteiger charge is 1.98. The van der Waals surface area contributed by atoms with E-state index in [2.05, 4.69) is 21.2 Å². The lowest BCUT2D eigenvalue weighted by atomic mass is 10.2. The van der Waals surface area contributed by atoms with Gasteiger partial charge in [0.1, 0.15) is 0 Å². The van der Waals surface area contributed by atoms with Crippen molar-refractivity contribution in [2.24, 2.45) is 0 Å². The number of aliphatic hydroxyl groups is 1. The van der Waals surface area contributed by atoms with Crippen molar-refractivity contribution in [3.05, 3.63) is 28.2 Å². The topological polar surface area (TPSA) is 32.3 Å². The molecule has 72 valence electrons. The lowest BCUT2D eigenvalue weighted by Gasteiger charge is -2.09. The lowest BCUT2D eigenvalue weighted by molar-refractivity contribution is 0.208. The van der Waals surface area contributed by atoms with Crippen molar-refractivity contribution < 1.29 is 5.11 Å². The molecule has 1 atom stereocenters. The minimum atomic E-state index is -0.316. The number of benzene rings is 1. The number of halogens is 1. The van der Waals surface area contributed by atoms with Gasteiger partial charge in [-0.05, 0) is 37.6 Å². The molecule has 3 heteroatoms. The standard InChI is InChI=1S/C10H14BrNO/c1-7-5-9(3-4-10(7)11)12-6-8(2)13/h3-5,8,12-13H,6H2,1-2H3. The van der Waals surface area contributed by atoms with E-state index >= 15 is 0 Å². The molecule has 0 saturated heterocycles. The van der Waals surface area contributed by atoms with Crippen LogP contribution in [0.15, 0.2) is 22.7 Å². The van der Waals surface area contributed by atoms with Crippen LogP contribution in [0.25, 0.3) is 0 Å². The molecule has 0 spiro atoms. The van der Waals surface area contributed by atoms with Crippen molar-refractivity contribution >= 4 is 21.6 Å². The molecule has 0 aliphatic heterocycles. The monoisotopic (exact) mass is 243 g/mol.